The van der Waals surface area contributed by atoms with Gasteiger partial charge in [0.25, 0.3) is 0 Å². The van der Waals surface area contributed by atoms with Gasteiger partial charge in [-0.3, -0.25) is 0 Å². The van der Waals surface area contributed by atoms with Crippen LogP contribution in [-0.4, -0.2) is 55.1 Å². The zero-order valence-electron chi connectivity index (χ0n) is 11.5. The quantitative estimate of drug-likeness (QED) is 0.306. The zero-order chi connectivity index (χ0) is 12.4. The van der Waals surface area contributed by atoms with Gasteiger partial charge in [0.05, 0.1) is 45.5 Å². The predicted molar refractivity (Wildman–Crippen MR) is 68.4 cm³/mol. The molecular formula is C13H28ClNO2. The van der Waals surface area contributed by atoms with E-state index in [-0.39, 0.29) is 18.5 Å². The lowest BCUT2D eigenvalue weighted by Gasteiger charge is -2.36. The summed E-state index contributed by atoms with van der Waals surface area (Å²) in [5, 5.41) is 9.76. The molecule has 1 unspecified atom stereocenters. The summed E-state index contributed by atoms with van der Waals surface area (Å²) in [4.78, 5) is 0. The van der Waals surface area contributed by atoms with Crippen LogP contribution in [-0.2, 0) is 4.74 Å². The normalized spacial score (nSPS) is 12.9. The second-order valence-electron chi connectivity index (χ2n) is 4.28. The fraction of sp³-hybridized carbons (Fsp3) is 0.846. The summed E-state index contributed by atoms with van der Waals surface area (Å²) in [7, 11) is 0. The van der Waals surface area contributed by atoms with Crippen molar-refractivity contribution in [2.45, 2.75) is 33.3 Å². The van der Waals surface area contributed by atoms with Gasteiger partial charge >= 0.3 is 0 Å². The first-order valence-corrected chi connectivity index (χ1v) is 6.35. The monoisotopic (exact) mass is 265 g/mol. The molecule has 0 spiro atoms. The lowest BCUT2D eigenvalue weighted by atomic mass is 10.2. The number of aliphatic hydroxyl groups is 1. The summed E-state index contributed by atoms with van der Waals surface area (Å²) in [6, 6.07) is 0. The number of hydrogen-bond acceptors (Lipinski definition) is 2. The highest BCUT2D eigenvalue weighted by atomic mass is 35.5. The number of halogens is 1. The fourth-order valence-electron chi connectivity index (χ4n) is 1.94. The smallest absolute Gasteiger partial charge is 0.0827 e. The number of nitrogens with zero attached hydrogens (tertiary/aromatic N) is 1. The third-order valence-corrected chi connectivity index (χ3v) is 3.50. The van der Waals surface area contributed by atoms with E-state index in [4.69, 9.17) is 4.74 Å². The van der Waals surface area contributed by atoms with Crippen molar-refractivity contribution in [3.05, 3.63) is 12.7 Å². The highest BCUT2D eigenvalue weighted by Crippen LogP contribution is 2.09. The van der Waals surface area contributed by atoms with Crippen LogP contribution >= 0.6 is 0 Å². The summed E-state index contributed by atoms with van der Waals surface area (Å²) >= 11 is 0. The van der Waals surface area contributed by atoms with Crippen molar-refractivity contribution in [1.29, 1.82) is 0 Å². The molecule has 0 aromatic carbocycles. The van der Waals surface area contributed by atoms with E-state index in [1.54, 1.807) is 6.08 Å². The van der Waals surface area contributed by atoms with Gasteiger partial charge in [-0.05, 0) is 20.8 Å². The van der Waals surface area contributed by atoms with Crippen molar-refractivity contribution in [2.75, 3.05) is 39.4 Å². The van der Waals surface area contributed by atoms with Crippen molar-refractivity contribution >= 4 is 0 Å². The van der Waals surface area contributed by atoms with E-state index in [2.05, 4.69) is 27.4 Å². The molecule has 0 radical (unpaired) electrons. The van der Waals surface area contributed by atoms with Crippen LogP contribution in [0.1, 0.15) is 27.2 Å². The first-order valence-electron chi connectivity index (χ1n) is 6.35. The van der Waals surface area contributed by atoms with Crippen molar-refractivity contribution in [3.8, 4) is 0 Å². The molecule has 0 amide bonds. The minimum Gasteiger partial charge on any atom is -1.00 e. The molecule has 0 aromatic rings. The maximum Gasteiger partial charge on any atom is 0.0827 e. The Morgan fingerprint density at radius 1 is 1.24 bits per heavy atom. The third-order valence-electron chi connectivity index (χ3n) is 3.50. The Kier molecular flexibility index (Phi) is 12.5. The van der Waals surface area contributed by atoms with Crippen LogP contribution in [0.3, 0.4) is 0 Å². The van der Waals surface area contributed by atoms with E-state index >= 15 is 0 Å². The molecule has 17 heavy (non-hydrogen) atoms. The Hall–Kier alpha value is -0.0900. The lowest BCUT2D eigenvalue weighted by molar-refractivity contribution is -0.923. The number of rotatable bonds is 10. The van der Waals surface area contributed by atoms with E-state index in [9.17, 15) is 5.11 Å². The lowest BCUT2D eigenvalue weighted by Crippen LogP contribution is -3.00. The Morgan fingerprint density at radius 3 is 2.18 bits per heavy atom. The summed E-state index contributed by atoms with van der Waals surface area (Å²) in [6.07, 6.45) is 2.17. The minimum atomic E-state index is -0.345. The van der Waals surface area contributed by atoms with E-state index in [0.29, 0.717) is 13.2 Å². The van der Waals surface area contributed by atoms with Gasteiger partial charge < -0.3 is 26.7 Å². The highest BCUT2D eigenvalue weighted by molar-refractivity contribution is 4.64. The van der Waals surface area contributed by atoms with Crippen LogP contribution in [0.4, 0.5) is 0 Å². The summed E-state index contributed by atoms with van der Waals surface area (Å²) in [6.45, 7) is 15.6. The van der Waals surface area contributed by atoms with Crippen LogP contribution in [0, 0.1) is 0 Å². The molecule has 0 aliphatic carbocycles. The highest BCUT2D eigenvalue weighted by Gasteiger charge is 2.21. The molecule has 4 heteroatoms. The number of quaternary nitrogens is 1. The molecule has 0 bridgehead atoms. The molecule has 0 saturated carbocycles. The number of aliphatic hydroxyl groups excluding tert-OH is 1. The summed E-state index contributed by atoms with van der Waals surface area (Å²) < 4.78 is 6.32. The predicted octanol–water partition coefficient (Wildman–Crippen LogP) is -1.18. The Balaban J connectivity index is 0. The molecule has 0 rings (SSSR count). The number of hydrogen-bond donors (Lipinski definition) is 1. The minimum absolute atomic E-state index is 0. The second kappa shape index (κ2) is 11.0. The average Bonchev–Trinajstić information content (AvgIpc) is 2.32. The van der Waals surface area contributed by atoms with Crippen molar-refractivity contribution < 1.29 is 26.7 Å². The van der Waals surface area contributed by atoms with Gasteiger partial charge in [-0.1, -0.05) is 6.08 Å². The van der Waals surface area contributed by atoms with Gasteiger partial charge in [-0.15, -0.1) is 6.58 Å². The van der Waals surface area contributed by atoms with E-state index in [1.165, 1.54) is 0 Å². The molecule has 104 valence electrons. The molecular weight excluding hydrogens is 238 g/mol. The number of ether oxygens (including phenoxy) is 1. The maximum absolute atomic E-state index is 9.76. The Morgan fingerprint density at radius 2 is 1.76 bits per heavy atom. The molecule has 0 aliphatic rings. The topological polar surface area (TPSA) is 29.5 Å². The third kappa shape index (κ3) is 7.77. The van der Waals surface area contributed by atoms with E-state index in [1.807, 2.05) is 0 Å². The zero-order valence-corrected chi connectivity index (χ0v) is 12.2. The molecule has 0 saturated heterocycles. The van der Waals surface area contributed by atoms with Gasteiger partial charge in [-0.25, -0.2) is 0 Å². The first kappa shape index (κ1) is 19.3. The standard InChI is InChI=1S/C13H28NO2.ClH/c1-5-11-16-12-13(15)9-10-14(6-2,7-3)8-4;/h5,13,15H,1,6-12H2,2-4H3;1H/q+1;/p-1. The molecule has 1 N–H and O–H groups in total. The molecule has 3 nitrogen and oxygen atoms in total. The van der Waals surface area contributed by atoms with Gasteiger partial charge in [0.2, 0.25) is 0 Å². The Labute approximate surface area is 112 Å². The first-order chi connectivity index (χ1) is 7.64. The molecule has 1 atom stereocenters. The van der Waals surface area contributed by atoms with E-state index < -0.39 is 0 Å². The van der Waals surface area contributed by atoms with Crippen LogP contribution < -0.4 is 12.4 Å². The van der Waals surface area contributed by atoms with Crippen molar-refractivity contribution in [2.24, 2.45) is 0 Å². The summed E-state index contributed by atoms with van der Waals surface area (Å²) in [5.74, 6) is 0. The average molecular weight is 266 g/mol. The van der Waals surface area contributed by atoms with Gasteiger partial charge in [-0.2, -0.15) is 0 Å². The maximum atomic E-state index is 9.76. The van der Waals surface area contributed by atoms with Crippen LogP contribution in [0.2, 0.25) is 0 Å². The van der Waals surface area contributed by atoms with Gasteiger partial charge in [0, 0.05) is 6.42 Å². The Bertz CT molecular complexity index is 176. The van der Waals surface area contributed by atoms with Crippen molar-refractivity contribution in [3.63, 3.8) is 0 Å². The fourth-order valence-corrected chi connectivity index (χ4v) is 1.94. The molecule has 0 fully saturated rings. The SMILES string of the molecule is C=CCOCC(O)CC[N+](CC)(CC)CC.[Cl-]. The van der Waals surface area contributed by atoms with Crippen LogP contribution in [0.5, 0.6) is 0 Å². The molecule has 0 aromatic heterocycles. The second-order valence-corrected chi connectivity index (χ2v) is 4.28. The molecule has 0 aliphatic heterocycles. The van der Waals surface area contributed by atoms with Gasteiger partial charge in [0.15, 0.2) is 0 Å². The molecule has 0 heterocycles. The van der Waals surface area contributed by atoms with Crippen LogP contribution in [0.25, 0.3) is 0 Å². The van der Waals surface area contributed by atoms with Crippen LogP contribution in [0.15, 0.2) is 12.7 Å². The largest absolute Gasteiger partial charge is 1.00 e. The summed E-state index contributed by atoms with van der Waals surface area (Å²) in [5.41, 5.74) is 0. The van der Waals surface area contributed by atoms with E-state index in [0.717, 1.165) is 37.1 Å². The van der Waals surface area contributed by atoms with Crippen molar-refractivity contribution in [1.82, 2.24) is 0 Å². The van der Waals surface area contributed by atoms with Gasteiger partial charge in [0.1, 0.15) is 0 Å².